The van der Waals surface area contributed by atoms with Crippen LogP contribution in [0.25, 0.3) is 0 Å². The van der Waals surface area contributed by atoms with Crippen molar-refractivity contribution in [2.24, 2.45) is 0 Å². The summed E-state index contributed by atoms with van der Waals surface area (Å²) in [5, 5.41) is 9.96. The fourth-order valence-corrected chi connectivity index (χ4v) is 1.49. The number of carbonyl (C=O) groups is 2. The van der Waals surface area contributed by atoms with Gasteiger partial charge in [0.25, 0.3) is 0 Å². The molecule has 0 aromatic heterocycles. The lowest BCUT2D eigenvalue weighted by Gasteiger charge is -2.22. The average Bonchev–Trinajstić information content (AvgIpc) is 2.29. The number of Topliss-reactive ketones (excluding diaryl/α,β-unsaturated/α-hetero) is 2. The molecule has 0 heterocycles. The zero-order chi connectivity index (χ0) is 12.2. The molecule has 86 valence electrons. The Bertz CT molecular complexity index is 383. The quantitative estimate of drug-likeness (QED) is 0.772. The number of carbonyl (C=O) groups excluding carboxylic acids is 2. The molecule has 1 aromatic carbocycles. The molecule has 1 N–H and O–H groups in total. The number of hydrogen-bond acceptors (Lipinski definition) is 3. The average molecular weight is 220 g/mol. The van der Waals surface area contributed by atoms with Gasteiger partial charge >= 0.3 is 0 Å². The third kappa shape index (κ3) is 2.76. The second kappa shape index (κ2) is 5.03. The Balaban J connectivity index is 2.82. The van der Waals surface area contributed by atoms with Crippen molar-refractivity contribution >= 4 is 11.6 Å². The minimum absolute atomic E-state index is 0.150. The smallest absolute Gasteiger partial charge is 0.166 e. The summed E-state index contributed by atoms with van der Waals surface area (Å²) in [4.78, 5) is 23.1. The lowest BCUT2D eigenvalue weighted by molar-refractivity contribution is -0.135. The summed E-state index contributed by atoms with van der Waals surface area (Å²) in [7, 11) is 0. The lowest BCUT2D eigenvalue weighted by Crippen LogP contribution is -2.38. The van der Waals surface area contributed by atoms with Gasteiger partial charge in [-0.1, -0.05) is 37.3 Å². The minimum atomic E-state index is -1.52. The lowest BCUT2D eigenvalue weighted by atomic mass is 9.88. The first-order valence-electron chi connectivity index (χ1n) is 5.31. The van der Waals surface area contributed by atoms with Gasteiger partial charge in [-0.2, -0.15) is 0 Å². The molecule has 1 rings (SSSR count). The Morgan fingerprint density at radius 3 is 2.25 bits per heavy atom. The molecule has 0 unspecified atom stereocenters. The topological polar surface area (TPSA) is 54.4 Å². The van der Waals surface area contributed by atoms with Gasteiger partial charge in [-0.3, -0.25) is 9.59 Å². The van der Waals surface area contributed by atoms with Crippen LogP contribution in [0.5, 0.6) is 0 Å². The Hall–Kier alpha value is -1.48. The van der Waals surface area contributed by atoms with Crippen molar-refractivity contribution in [2.45, 2.75) is 32.3 Å². The highest BCUT2D eigenvalue weighted by atomic mass is 16.3. The summed E-state index contributed by atoms with van der Waals surface area (Å²) in [5.41, 5.74) is -0.997. The number of hydrogen-bond donors (Lipinski definition) is 1. The van der Waals surface area contributed by atoms with Gasteiger partial charge in [-0.25, -0.2) is 0 Å². The summed E-state index contributed by atoms with van der Waals surface area (Å²) in [6.45, 7) is 3.00. The van der Waals surface area contributed by atoms with Gasteiger partial charge < -0.3 is 5.11 Å². The highest BCUT2D eigenvalue weighted by molar-refractivity contribution is 6.00. The summed E-state index contributed by atoms with van der Waals surface area (Å²) in [6.07, 6.45) is 0.101. The Labute approximate surface area is 95.1 Å². The second-order valence-electron chi connectivity index (χ2n) is 3.91. The van der Waals surface area contributed by atoms with Gasteiger partial charge in [0.05, 0.1) is 0 Å². The van der Waals surface area contributed by atoms with Crippen LogP contribution in [0, 0.1) is 0 Å². The molecule has 1 aromatic rings. The van der Waals surface area contributed by atoms with E-state index in [1.54, 1.807) is 31.2 Å². The molecule has 16 heavy (non-hydrogen) atoms. The van der Waals surface area contributed by atoms with Crippen LogP contribution in [-0.2, 0) is 4.79 Å². The molecule has 0 saturated heterocycles. The largest absolute Gasteiger partial charge is 0.382 e. The second-order valence-corrected chi connectivity index (χ2v) is 3.91. The maximum atomic E-state index is 11.8. The van der Waals surface area contributed by atoms with E-state index in [0.717, 1.165) is 0 Å². The van der Waals surface area contributed by atoms with Crippen LogP contribution in [0.15, 0.2) is 30.3 Å². The van der Waals surface area contributed by atoms with Gasteiger partial charge in [0.2, 0.25) is 0 Å². The van der Waals surface area contributed by atoms with Gasteiger partial charge in [-0.05, 0) is 13.3 Å². The number of ketones is 2. The number of rotatable bonds is 5. The molecule has 0 saturated carbocycles. The maximum Gasteiger partial charge on any atom is 0.166 e. The van der Waals surface area contributed by atoms with Gasteiger partial charge in [0.1, 0.15) is 5.60 Å². The molecule has 0 radical (unpaired) electrons. The van der Waals surface area contributed by atoms with Crippen molar-refractivity contribution in [3.05, 3.63) is 35.9 Å². The van der Waals surface area contributed by atoms with Crippen LogP contribution in [-0.4, -0.2) is 22.3 Å². The fraction of sp³-hybridized carbons (Fsp3) is 0.385. The highest BCUT2D eigenvalue weighted by Gasteiger charge is 2.33. The van der Waals surface area contributed by atoms with Crippen molar-refractivity contribution < 1.29 is 14.7 Å². The molecular weight excluding hydrogens is 204 g/mol. The zero-order valence-electron chi connectivity index (χ0n) is 9.56. The van der Waals surface area contributed by atoms with Crippen molar-refractivity contribution in [3.63, 3.8) is 0 Å². The Morgan fingerprint density at radius 1 is 1.25 bits per heavy atom. The first-order valence-corrected chi connectivity index (χ1v) is 5.31. The molecule has 0 spiro atoms. The Kier molecular flexibility index (Phi) is 3.96. The predicted octanol–water partition coefficient (Wildman–Crippen LogP) is 1.99. The zero-order valence-corrected chi connectivity index (χ0v) is 9.56. The van der Waals surface area contributed by atoms with Gasteiger partial charge in [-0.15, -0.1) is 0 Å². The van der Waals surface area contributed by atoms with Crippen LogP contribution in [0.1, 0.15) is 37.0 Å². The molecule has 0 bridgehead atoms. The van der Waals surface area contributed by atoms with Crippen LogP contribution in [0.2, 0.25) is 0 Å². The SMILES string of the molecule is CC[C@@](O)(CC(=O)c1ccccc1)C(C)=O. The molecule has 0 aliphatic rings. The summed E-state index contributed by atoms with van der Waals surface area (Å²) in [5.74, 6) is -0.570. The van der Waals surface area contributed by atoms with E-state index in [4.69, 9.17) is 0 Å². The van der Waals surface area contributed by atoms with E-state index in [1.165, 1.54) is 6.92 Å². The van der Waals surface area contributed by atoms with Crippen LogP contribution >= 0.6 is 0 Å². The predicted molar refractivity (Wildman–Crippen MR) is 61.3 cm³/mol. The van der Waals surface area contributed by atoms with Gasteiger partial charge in [0, 0.05) is 12.0 Å². The fourth-order valence-electron chi connectivity index (χ4n) is 1.49. The first-order chi connectivity index (χ1) is 7.49. The van der Waals surface area contributed by atoms with E-state index in [2.05, 4.69) is 0 Å². The molecule has 3 nitrogen and oxygen atoms in total. The number of benzene rings is 1. The van der Waals surface area contributed by atoms with Gasteiger partial charge in [0.15, 0.2) is 11.6 Å². The van der Waals surface area contributed by atoms with E-state index in [-0.39, 0.29) is 24.4 Å². The van der Waals surface area contributed by atoms with Crippen molar-refractivity contribution in [3.8, 4) is 0 Å². The maximum absolute atomic E-state index is 11.8. The minimum Gasteiger partial charge on any atom is -0.382 e. The van der Waals surface area contributed by atoms with Crippen molar-refractivity contribution in [1.82, 2.24) is 0 Å². The summed E-state index contributed by atoms with van der Waals surface area (Å²) >= 11 is 0. The van der Waals surface area contributed by atoms with E-state index >= 15 is 0 Å². The molecular formula is C13H16O3. The highest BCUT2D eigenvalue weighted by Crippen LogP contribution is 2.19. The molecule has 0 fully saturated rings. The van der Waals surface area contributed by atoms with Crippen molar-refractivity contribution in [1.29, 1.82) is 0 Å². The third-order valence-electron chi connectivity index (χ3n) is 2.79. The Morgan fingerprint density at radius 2 is 1.81 bits per heavy atom. The normalized spacial score (nSPS) is 14.2. The monoisotopic (exact) mass is 220 g/mol. The molecule has 0 amide bonds. The summed E-state index contributed by atoms with van der Waals surface area (Å²) in [6, 6.07) is 8.68. The van der Waals surface area contributed by atoms with E-state index < -0.39 is 5.60 Å². The standard InChI is InChI=1S/C13H16O3/c1-3-13(16,10(2)14)9-12(15)11-7-5-4-6-8-11/h4-8,16H,3,9H2,1-2H3/t13-/m1/s1. The van der Waals surface area contributed by atoms with Crippen molar-refractivity contribution in [2.75, 3.05) is 0 Å². The molecule has 0 aliphatic carbocycles. The van der Waals surface area contributed by atoms with E-state index in [1.807, 2.05) is 6.07 Å². The van der Waals surface area contributed by atoms with Crippen LogP contribution in [0.3, 0.4) is 0 Å². The molecule has 1 atom stereocenters. The molecule has 3 heteroatoms. The molecule has 0 aliphatic heterocycles. The first kappa shape index (κ1) is 12.6. The third-order valence-corrected chi connectivity index (χ3v) is 2.79. The van der Waals surface area contributed by atoms with E-state index in [0.29, 0.717) is 5.56 Å². The van der Waals surface area contributed by atoms with Crippen LogP contribution in [0.4, 0.5) is 0 Å². The van der Waals surface area contributed by atoms with E-state index in [9.17, 15) is 14.7 Å². The summed E-state index contributed by atoms with van der Waals surface area (Å²) < 4.78 is 0. The number of aliphatic hydroxyl groups is 1. The van der Waals surface area contributed by atoms with Crippen LogP contribution < -0.4 is 0 Å².